The number of rotatable bonds is 6. The van der Waals surface area contributed by atoms with E-state index in [4.69, 9.17) is 5.11 Å². The minimum Gasteiger partial charge on any atom is -0.478 e. The molecular formula is C21H15F4N5O2. The molecule has 11 heteroatoms. The number of pyridine rings is 3. The number of nitrogens with one attached hydrogen (secondary N) is 2. The predicted molar refractivity (Wildman–Crippen MR) is 107 cm³/mol. The van der Waals surface area contributed by atoms with Gasteiger partial charge in [-0.15, -0.1) is 0 Å². The number of fused-ring (bicyclic) bond motifs is 1. The lowest BCUT2D eigenvalue weighted by Gasteiger charge is -2.09. The van der Waals surface area contributed by atoms with Gasteiger partial charge in [-0.3, -0.25) is 4.98 Å². The summed E-state index contributed by atoms with van der Waals surface area (Å²) < 4.78 is 52.3. The van der Waals surface area contributed by atoms with Gasteiger partial charge in [0.05, 0.1) is 5.56 Å². The minimum absolute atomic E-state index is 0.0225. The predicted octanol–water partition coefficient (Wildman–Crippen LogP) is 4.41. The fraction of sp³-hybridized carbons (Fsp3) is 0.143. The SMILES string of the molecule is O=C(O)c1cnc2[nH]cc(Cc3ccc(NCc4ccc(C(F)(F)F)nc4)nc3F)c2c1. The van der Waals surface area contributed by atoms with Crippen LogP contribution in [0, 0.1) is 5.95 Å². The van der Waals surface area contributed by atoms with Gasteiger partial charge in [-0.25, -0.2) is 14.8 Å². The monoisotopic (exact) mass is 445 g/mol. The molecule has 0 radical (unpaired) electrons. The van der Waals surface area contributed by atoms with Crippen LogP contribution in [0.15, 0.2) is 48.9 Å². The maximum Gasteiger partial charge on any atom is 0.433 e. The van der Waals surface area contributed by atoms with Crippen molar-refractivity contribution >= 4 is 22.8 Å². The fourth-order valence-corrected chi connectivity index (χ4v) is 3.11. The van der Waals surface area contributed by atoms with E-state index in [9.17, 15) is 22.4 Å². The van der Waals surface area contributed by atoms with Crippen molar-refractivity contribution in [3.63, 3.8) is 0 Å². The Kier molecular flexibility index (Phi) is 5.47. The van der Waals surface area contributed by atoms with Crippen molar-refractivity contribution in [1.82, 2.24) is 19.9 Å². The third-order valence-electron chi connectivity index (χ3n) is 4.76. The quantitative estimate of drug-likeness (QED) is 0.300. The Morgan fingerprint density at radius 1 is 1.09 bits per heavy atom. The zero-order chi connectivity index (χ0) is 22.9. The van der Waals surface area contributed by atoms with Crippen LogP contribution in [0.2, 0.25) is 0 Å². The summed E-state index contributed by atoms with van der Waals surface area (Å²) >= 11 is 0. The van der Waals surface area contributed by atoms with Crippen LogP contribution >= 0.6 is 0 Å². The number of carboxylic acid groups (broad SMARTS) is 1. The van der Waals surface area contributed by atoms with Crippen molar-refractivity contribution < 1.29 is 27.5 Å². The number of aromatic nitrogens is 4. The molecule has 0 unspecified atom stereocenters. The molecule has 3 N–H and O–H groups in total. The molecular weight excluding hydrogens is 430 g/mol. The molecule has 0 saturated carbocycles. The van der Waals surface area contributed by atoms with Gasteiger partial charge >= 0.3 is 12.1 Å². The van der Waals surface area contributed by atoms with Gasteiger partial charge in [0.1, 0.15) is 17.2 Å². The Hall–Kier alpha value is -4.02. The van der Waals surface area contributed by atoms with E-state index in [1.807, 2.05) is 0 Å². The number of H-pyrrole nitrogens is 1. The number of aromatic carboxylic acids is 1. The van der Waals surface area contributed by atoms with Crippen LogP contribution in [-0.4, -0.2) is 31.0 Å². The highest BCUT2D eigenvalue weighted by Gasteiger charge is 2.31. The van der Waals surface area contributed by atoms with Crippen molar-refractivity contribution in [3.8, 4) is 0 Å². The highest BCUT2D eigenvalue weighted by Crippen LogP contribution is 2.27. The van der Waals surface area contributed by atoms with E-state index >= 15 is 0 Å². The summed E-state index contributed by atoms with van der Waals surface area (Å²) in [6.45, 7) is 0.114. The molecule has 0 aliphatic heterocycles. The molecule has 0 aliphatic rings. The minimum atomic E-state index is -4.51. The topological polar surface area (TPSA) is 104 Å². The number of carboxylic acids is 1. The van der Waals surface area contributed by atoms with Crippen molar-refractivity contribution in [2.24, 2.45) is 0 Å². The Labute approximate surface area is 178 Å². The van der Waals surface area contributed by atoms with E-state index in [2.05, 4.69) is 25.3 Å². The molecule has 4 rings (SSSR count). The third-order valence-corrected chi connectivity index (χ3v) is 4.76. The molecule has 4 aromatic heterocycles. The molecule has 0 aliphatic carbocycles. The van der Waals surface area contributed by atoms with Crippen LogP contribution in [0.4, 0.5) is 23.4 Å². The van der Waals surface area contributed by atoms with E-state index in [0.717, 1.165) is 12.3 Å². The van der Waals surface area contributed by atoms with Gasteiger partial charge in [0, 0.05) is 42.5 Å². The number of hydrogen-bond acceptors (Lipinski definition) is 5. The molecule has 7 nitrogen and oxygen atoms in total. The molecule has 164 valence electrons. The van der Waals surface area contributed by atoms with E-state index in [1.54, 1.807) is 12.3 Å². The average molecular weight is 445 g/mol. The summed E-state index contributed by atoms with van der Waals surface area (Å²) in [5.41, 5.74) is 0.944. The highest BCUT2D eigenvalue weighted by molar-refractivity contribution is 5.92. The molecule has 0 spiro atoms. The van der Waals surface area contributed by atoms with Gasteiger partial charge < -0.3 is 15.4 Å². The first-order valence-electron chi connectivity index (χ1n) is 9.31. The van der Waals surface area contributed by atoms with Gasteiger partial charge in [0.15, 0.2) is 0 Å². The summed E-state index contributed by atoms with van der Waals surface area (Å²) in [4.78, 5) is 25.4. The van der Waals surface area contributed by atoms with Crippen molar-refractivity contribution in [2.45, 2.75) is 19.1 Å². The Bertz CT molecular complexity index is 1290. The summed E-state index contributed by atoms with van der Waals surface area (Å²) in [6.07, 6.45) is -0.390. The van der Waals surface area contributed by atoms with E-state index in [-0.39, 0.29) is 29.9 Å². The third kappa shape index (κ3) is 4.51. The van der Waals surface area contributed by atoms with Crippen LogP contribution in [0.3, 0.4) is 0 Å². The molecule has 0 atom stereocenters. The number of hydrogen-bond donors (Lipinski definition) is 3. The van der Waals surface area contributed by atoms with Crippen LogP contribution in [0.1, 0.15) is 32.7 Å². The smallest absolute Gasteiger partial charge is 0.433 e. The number of anilines is 1. The van der Waals surface area contributed by atoms with E-state index in [1.165, 1.54) is 24.4 Å². The number of alkyl halides is 3. The molecule has 0 aromatic carbocycles. The second-order valence-electron chi connectivity index (χ2n) is 6.97. The second kappa shape index (κ2) is 8.25. The molecule has 4 heterocycles. The van der Waals surface area contributed by atoms with Crippen molar-refractivity contribution in [3.05, 3.63) is 82.8 Å². The normalized spacial score (nSPS) is 11.6. The maximum atomic E-state index is 14.6. The standard InChI is InChI=1S/C21H15F4N5O2/c22-18-12(5-13-9-28-19-15(13)6-14(10-29-19)20(31)32)2-4-17(30-18)27-8-11-1-3-16(26-7-11)21(23,24)25/h1-4,6-7,9-10H,5,8H2,(H,27,30)(H,28,29)(H,31,32). The van der Waals surface area contributed by atoms with E-state index in [0.29, 0.717) is 22.2 Å². The fourth-order valence-electron chi connectivity index (χ4n) is 3.11. The lowest BCUT2D eigenvalue weighted by Crippen LogP contribution is -2.09. The van der Waals surface area contributed by atoms with Gasteiger partial charge in [-0.05, 0) is 29.3 Å². The molecule has 32 heavy (non-hydrogen) atoms. The summed E-state index contributed by atoms with van der Waals surface area (Å²) in [5.74, 6) is -1.63. The zero-order valence-corrected chi connectivity index (χ0v) is 16.2. The largest absolute Gasteiger partial charge is 0.478 e. The Morgan fingerprint density at radius 2 is 1.91 bits per heavy atom. The van der Waals surface area contributed by atoms with Crippen LogP contribution in [-0.2, 0) is 19.1 Å². The number of aromatic amines is 1. The van der Waals surface area contributed by atoms with Gasteiger partial charge in [0.2, 0.25) is 5.95 Å². The molecule has 0 saturated heterocycles. The molecule has 0 amide bonds. The van der Waals surface area contributed by atoms with Crippen molar-refractivity contribution in [1.29, 1.82) is 0 Å². The molecule has 0 fully saturated rings. The number of carbonyl (C=O) groups is 1. The lowest BCUT2D eigenvalue weighted by atomic mass is 10.1. The van der Waals surface area contributed by atoms with Crippen molar-refractivity contribution in [2.75, 3.05) is 5.32 Å². The first-order chi connectivity index (χ1) is 15.2. The second-order valence-corrected chi connectivity index (χ2v) is 6.97. The van der Waals surface area contributed by atoms with Crippen LogP contribution in [0.25, 0.3) is 11.0 Å². The highest BCUT2D eigenvalue weighted by atomic mass is 19.4. The molecule has 0 bridgehead atoms. The van der Waals surface area contributed by atoms with Crippen LogP contribution in [0.5, 0.6) is 0 Å². The average Bonchev–Trinajstić information content (AvgIpc) is 3.15. The van der Waals surface area contributed by atoms with E-state index < -0.39 is 23.8 Å². The summed E-state index contributed by atoms with van der Waals surface area (Å²) in [7, 11) is 0. The lowest BCUT2D eigenvalue weighted by molar-refractivity contribution is -0.141. The number of halogens is 4. The zero-order valence-electron chi connectivity index (χ0n) is 16.2. The summed E-state index contributed by atoms with van der Waals surface area (Å²) in [6, 6.07) is 6.70. The van der Waals surface area contributed by atoms with Crippen LogP contribution < -0.4 is 5.32 Å². The maximum absolute atomic E-state index is 14.6. The Morgan fingerprint density at radius 3 is 2.56 bits per heavy atom. The van der Waals surface area contributed by atoms with Gasteiger partial charge in [0.25, 0.3) is 0 Å². The van der Waals surface area contributed by atoms with Gasteiger partial charge in [-0.2, -0.15) is 17.6 Å². The molecule has 4 aromatic rings. The first kappa shape index (κ1) is 21.2. The number of nitrogens with zero attached hydrogens (tertiary/aromatic N) is 3. The van der Waals surface area contributed by atoms with Gasteiger partial charge in [-0.1, -0.05) is 12.1 Å². The first-order valence-corrected chi connectivity index (χ1v) is 9.31. The summed E-state index contributed by atoms with van der Waals surface area (Å²) in [5, 5.41) is 12.6. The Balaban J connectivity index is 1.46.